The summed E-state index contributed by atoms with van der Waals surface area (Å²) in [6, 6.07) is 3.51. The van der Waals surface area contributed by atoms with Gasteiger partial charge in [0.2, 0.25) is 0 Å². The number of hydrogen-bond donors (Lipinski definition) is 2. The first-order valence-corrected chi connectivity index (χ1v) is 6.96. The Morgan fingerprint density at radius 2 is 2.05 bits per heavy atom. The first-order valence-electron chi connectivity index (χ1n) is 6.96. The van der Waals surface area contributed by atoms with Gasteiger partial charge in [-0.05, 0) is 38.6 Å². The summed E-state index contributed by atoms with van der Waals surface area (Å²) in [5.74, 6) is 1.08. The van der Waals surface area contributed by atoms with E-state index in [2.05, 4.69) is 17.2 Å². The van der Waals surface area contributed by atoms with E-state index in [1.165, 1.54) is 0 Å². The molecule has 1 aromatic carbocycles. The van der Waals surface area contributed by atoms with Gasteiger partial charge in [0.05, 0.1) is 14.2 Å². The van der Waals surface area contributed by atoms with E-state index in [0.29, 0.717) is 30.0 Å². The molecule has 0 fully saturated rings. The van der Waals surface area contributed by atoms with Gasteiger partial charge in [0.15, 0.2) is 11.5 Å². The molecule has 0 atom stereocenters. The second-order valence-corrected chi connectivity index (χ2v) is 4.58. The number of hydrogen-bond acceptors (Lipinski definition) is 4. The minimum absolute atomic E-state index is 0.114. The van der Waals surface area contributed by atoms with Crippen LogP contribution < -0.4 is 20.1 Å². The molecule has 5 nitrogen and oxygen atoms in total. The Hall–Kier alpha value is -2.01. The van der Waals surface area contributed by atoms with Gasteiger partial charge in [-0.3, -0.25) is 4.79 Å². The third-order valence-electron chi connectivity index (χ3n) is 3.07. The molecule has 21 heavy (non-hydrogen) atoms. The molecule has 1 aromatic rings. The number of ether oxygens (including phenoxy) is 2. The van der Waals surface area contributed by atoms with Crippen molar-refractivity contribution in [2.24, 2.45) is 0 Å². The van der Waals surface area contributed by atoms with Gasteiger partial charge in [0, 0.05) is 17.7 Å². The van der Waals surface area contributed by atoms with Crippen LogP contribution in [0.2, 0.25) is 0 Å². The van der Waals surface area contributed by atoms with Crippen molar-refractivity contribution >= 4 is 5.91 Å². The molecule has 116 valence electrons. The van der Waals surface area contributed by atoms with Gasteiger partial charge in [-0.2, -0.15) is 0 Å². The molecule has 1 amide bonds. The number of carbonyl (C=O) groups excluding carboxylic acids is 1. The van der Waals surface area contributed by atoms with E-state index in [1.807, 2.05) is 13.1 Å². The van der Waals surface area contributed by atoms with E-state index in [9.17, 15) is 4.79 Å². The van der Waals surface area contributed by atoms with Crippen LogP contribution in [-0.4, -0.2) is 40.3 Å². The summed E-state index contributed by atoms with van der Waals surface area (Å²) in [7, 11) is 5.03. The lowest BCUT2D eigenvalue weighted by atomic mass is 10.0. The van der Waals surface area contributed by atoms with Crippen LogP contribution in [0.3, 0.4) is 0 Å². The number of rotatable bonds is 9. The number of nitrogens with one attached hydrogen (secondary N) is 2. The van der Waals surface area contributed by atoms with E-state index < -0.39 is 0 Å². The van der Waals surface area contributed by atoms with Crippen molar-refractivity contribution in [3.05, 3.63) is 35.9 Å². The molecule has 0 saturated heterocycles. The molecule has 0 unspecified atom stereocenters. The number of amides is 1. The van der Waals surface area contributed by atoms with Crippen LogP contribution in [0.25, 0.3) is 0 Å². The highest BCUT2D eigenvalue weighted by molar-refractivity contribution is 5.95. The van der Waals surface area contributed by atoms with Crippen LogP contribution in [-0.2, 0) is 6.42 Å². The molecule has 5 heteroatoms. The second-order valence-electron chi connectivity index (χ2n) is 4.58. The Balaban J connectivity index is 2.93. The maximum Gasteiger partial charge on any atom is 0.251 e. The predicted octanol–water partition coefficient (Wildman–Crippen LogP) is 1.77. The number of benzene rings is 1. The topological polar surface area (TPSA) is 59.6 Å². The van der Waals surface area contributed by atoms with Gasteiger partial charge in [-0.1, -0.05) is 6.08 Å². The van der Waals surface area contributed by atoms with Crippen molar-refractivity contribution in [3.8, 4) is 11.5 Å². The SMILES string of the molecule is C=CCc1cc(C(=O)NCCCNC)cc(OC)c1OC. The highest BCUT2D eigenvalue weighted by Crippen LogP contribution is 2.33. The van der Waals surface area contributed by atoms with Crippen molar-refractivity contribution in [2.75, 3.05) is 34.4 Å². The van der Waals surface area contributed by atoms with Crippen LogP contribution in [0.1, 0.15) is 22.3 Å². The summed E-state index contributed by atoms with van der Waals surface area (Å²) < 4.78 is 10.7. The molecule has 0 aliphatic carbocycles. The number of carbonyl (C=O) groups is 1. The Labute approximate surface area is 126 Å². The van der Waals surface area contributed by atoms with Crippen LogP contribution >= 0.6 is 0 Å². The Morgan fingerprint density at radius 3 is 2.62 bits per heavy atom. The summed E-state index contributed by atoms with van der Waals surface area (Å²) in [6.45, 7) is 5.23. The second kappa shape index (κ2) is 9.02. The van der Waals surface area contributed by atoms with Crippen LogP contribution in [0.15, 0.2) is 24.8 Å². The predicted molar refractivity (Wildman–Crippen MR) is 84.3 cm³/mol. The molecule has 1 rings (SSSR count). The van der Waals surface area contributed by atoms with Gasteiger partial charge < -0.3 is 20.1 Å². The van der Waals surface area contributed by atoms with Crippen LogP contribution in [0, 0.1) is 0 Å². The summed E-state index contributed by atoms with van der Waals surface area (Å²) in [6.07, 6.45) is 3.27. The third-order valence-corrected chi connectivity index (χ3v) is 3.07. The van der Waals surface area contributed by atoms with Gasteiger partial charge in [-0.15, -0.1) is 6.58 Å². The van der Waals surface area contributed by atoms with Crippen molar-refractivity contribution in [3.63, 3.8) is 0 Å². The Bertz CT molecular complexity index is 487. The van der Waals surface area contributed by atoms with Crippen molar-refractivity contribution in [1.29, 1.82) is 0 Å². The lowest BCUT2D eigenvalue weighted by Crippen LogP contribution is -2.26. The minimum Gasteiger partial charge on any atom is -0.493 e. The molecular weight excluding hydrogens is 268 g/mol. The van der Waals surface area contributed by atoms with Gasteiger partial charge in [0.1, 0.15) is 0 Å². The maximum atomic E-state index is 12.2. The lowest BCUT2D eigenvalue weighted by molar-refractivity contribution is 0.0952. The zero-order valence-corrected chi connectivity index (χ0v) is 13.0. The highest BCUT2D eigenvalue weighted by Gasteiger charge is 2.15. The Kier molecular flexibility index (Phi) is 7.32. The quantitative estimate of drug-likeness (QED) is 0.538. The van der Waals surface area contributed by atoms with Crippen molar-refractivity contribution in [2.45, 2.75) is 12.8 Å². The maximum absolute atomic E-state index is 12.2. The smallest absolute Gasteiger partial charge is 0.251 e. The normalized spacial score (nSPS) is 10.0. The largest absolute Gasteiger partial charge is 0.493 e. The summed E-state index contributed by atoms with van der Waals surface area (Å²) in [4.78, 5) is 12.2. The third kappa shape index (κ3) is 4.79. The van der Waals surface area contributed by atoms with E-state index in [4.69, 9.17) is 9.47 Å². The van der Waals surface area contributed by atoms with Gasteiger partial charge >= 0.3 is 0 Å². The Morgan fingerprint density at radius 1 is 1.29 bits per heavy atom. The molecule has 0 aromatic heterocycles. The van der Waals surface area contributed by atoms with Crippen molar-refractivity contribution < 1.29 is 14.3 Å². The summed E-state index contributed by atoms with van der Waals surface area (Å²) >= 11 is 0. The highest BCUT2D eigenvalue weighted by atomic mass is 16.5. The molecular formula is C16H24N2O3. The molecule has 0 aliphatic heterocycles. The number of methoxy groups -OCH3 is 2. The molecule has 0 aliphatic rings. The summed E-state index contributed by atoms with van der Waals surface area (Å²) in [5.41, 5.74) is 1.45. The zero-order valence-electron chi connectivity index (χ0n) is 13.0. The average molecular weight is 292 g/mol. The van der Waals surface area contributed by atoms with Crippen LogP contribution in [0.5, 0.6) is 11.5 Å². The fourth-order valence-electron chi connectivity index (χ4n) is 2.05. The zero-order chi connectivity index (χ0) is 15.7. The average Bonchev–Trinajstić information content (AvgIpc) is 2.50. The molecule has 2 N–H and O–H groups in total. The molecule has 0 spiro atoms. The first kappa shape index (κ1) is 17.0. The lowest BCUT2D eigenvalue weighted by Gasteiger charge is -2.14. The monoisotopic (exact) mass is 292 g/mol. The van der Waals surface area contributed by atoms with E-state index >= 15 is 0 Å². The summed E-state index contributed by atoms with van der Waals surface area (Å²) in [5, 5.41) is 5.93. The van der Waals surface area contributed by atoms with Gasteiger partial charge in [0.25, 0.3) is 5.91 Å². The van der Waals surface area contributed by atoms with Gasteiger partial charge in [-0.25, -0.2) is 0 Å². The van der Waals surface area contributed by atoms with E-state index in [1.54, 1.807) is 26.4 Å². The van der Waals surface area contributed by atoms with Crippen molar-refractivity contribution in [1.82, 2.24) is 10.6 Å². The standard InChI is InChI=1S/C16H24N2O3/c1-5-7-12-10-13(11-14(20-3)15(12)21-4)16(19)18-9-6-8-17-2/h5,10-11,17H,1,6-9H2,2-4H3,(H,18,19). The molecule has 0 radical (unpaired) electrons. The molecule has 0 bridgehead atoms. The minimum atomic E-state index is -0.114. The van der Waals surface area contributed by atoms with E-state index in [0.717, 1.165) is 18.5 Å². The fraction of sp³-hybridized carbons (Fsp3) is 0.438. The first-order chi connectivity index (χ1) is 10.2. The van der Waals surface area contributed by atoms with E-state index in [-0.39, 0.29) is 5.91 Å². The molecule has 0 heterocycles. The fourth-order valence-corrected chi connectivity index (χ4v) is 2.05. The number of allylic oxidation sites excluding steroid dienone is 1. The molecule has 0 saturated carbocycles. The van der Waals surface area contributed by atoms with Crippen LogP contribution in [0.4, 0.5) is 0 Å².